The van der Waals surface area contributed by atoms with Gasteiger partial charge in [-0.15, -0.1) is 0 Å². The third kappa shape index (κ3) is 2.89. The second kappa shape index (κ2) is 5.21. The summed E-state index contributed by atoms with van der Waals surface area (Å²) in [6.07, 6.45) is 2.29. The Morgan fingerprint density at radius 2 is 1.94 bits per heavy atom. The molecule has 0 amide bonds. The maximum absolute atomic E-state index is 5.66. The fourth-order valence-electron chi connectivity index (χ4n) is 1.41. The first-order chi connectivity index (χ1) is 7.81. The van der Waals surface area contributed by atoms with Crippen molar-refractivity contribution in [3.63, 3.8) is 0 Å². The molecule has 0 spiro atoms. The minimum absolute atomic E-state index is 0.101. The van der Waals surface area contributed by atoms with E-state index in [-0.39, 0.29) is 12.4 Å². The van der Waals surface area contributed by atoms with E-state index in [9.17, 15) is 0 Å². The molecule has 1 aliphatic heterocycles. The van der Waals surface area contributed by atoms with Crippen molar-refractivity contribution in [2.24, 2.45) is 0 Å². The van der Waals surface area contributed by atoms with Crippen molar-refractivity contribution in [2.75, 3.05) is 6.61 Å². The van der Waals surface area contributed by atoms with Gasteiger partial charge >= 0.3 is 0 Å². The Morgan fingerprint density at radius 3 is 2.56 bits per heavy atom. The molecule has 1 fully saturated rings. The van der Waals surface area contributed by atoms with Crippen LogP contribution in [0.25, 0.3) is 0 Å². The Morgan fingerprint density at radius 1 is 1.25 bits per heavy atom. The van der Waals surface area contributed by atoms with Gasteiger partial charge in [-0.25, -0.2) is 0 Å². The predicted octanol–water partition coefficient (Wildman–Crippen LogP) is 2.99. The van der Waals surface area contributed by atoms with Crippen molar-refractivity contribution in [1.29, 1.82) is 0 Å². The van der Waals surface area contributed by atoms with Gasteiger partial charge in [-0.2, -0.15) is 0 Å². The average molecular weight is 222 g/mol. The van der Waals surface area contributed by atoms with E-state index in [2.05, 4.69) is 6.92 Å². The lowest BCUT2D eigenvalue weighted by atomic mass is 10.3. The average Bonchev–Trinajstić information content (AvgIpc) is 2.97. The van der Waals surface area contributed by atoms with Crippen LogP contribution in [0.4, 0.5) is 0 Å². The van der Waals surface area contributed by atoms with Gasteiger partial charge in [0, 0.05) is 0 Å². The summed E-state index contributed by atoms with van der Waals surface area (Å²) in [4.78, 5) is 0. The Bertz CT molecular complexity index is 338. The number of ether oxygens (including phenoxy) is 3. The number of hydrogen-bond acceptors (Lipinski definition) is 3. The fourth-order valence-corrected chi connectivity index (χ4v) is 1.41. The van der Waals surface area contributed by atoms with Crippen molar-refractivity contribution in [3.8, 4) is 11.5 Å². The van der Waals surface area contributed by atoms with E-state index < -0.39 is 0 Å². The Labute approximate surface area is 96.3 Å². The highest BCUT2D eigenvalue weighted by Gasteiger charge is 2.37. The maximum Gasteiger partial charge on any atom is 0.226 e. The molecule has 3 heteroatoms. The first-order valence-corrected chi connectivity index (χ1v) is 5.85. The first kappa shape index (κ1) is 11.3. The quantitative estimate of drug-likeness (QED) is 0.547. The second-order valence-electron chi connectivity index (χ2n) is 3.98. The third-order valence-electron chi connectivity index (χ3n) is 2.50. The summed E-state index contributed by atoms with van der Waals surface area (Å²) in [7, 11) is 0. The van der Waals surface area contributed by atoms with Gasteiger partial charge in [0.05, 0.1) is 6.61 Å². The molecule has 1 aliphatic rings. The van der Waals surface area contributed by atoms with Crippen LogP contribution >= 0.6 is 0 Å². The van der Waals surface area contributed by atoms with Gasteiger partial charge in [0.2, 0.25) is 6.29 Å². The zero-order valence-electron chi connectivity index (χ0n) is 9.81. The molecular weight excluding hydrogens is 204 g/mol. The molecule has 1 heterocycles. The van der Waals surface area contributed by atoms with Crippen LogP contribution in [-0.2, 0) is 4.74 Å². The number of rotatable bonds is 6. The largest absolute Gasteiger partial charge is 0.490 e. The highest BCUT2D eigenvalue weighted by atomic mass is 16.8. The van der Waals surface area contributed by atoms with E-state index in [1.54, 1.807) is 0 Å². The summed E-state index contributed by atoms with van der Waals surface area (Å²) < 4.78 is 16.5. The molecule has 0 saturated carbocycles. The molecule has 88 valence electrons. The molecule has 16 heavy (non-hydrogen) atoms. The van der Waals surface area contributed by atoms with Crippen LogP contribution in [0.15, 0.2) is 24.3 Å². The smallest absolute Gasteiger partial charge is 0.226 e. The minimum atomic E-state index is -0.101. The van der Waals surface area contributed by atoms with Crippen molar-refractivity contribution < 1.29 is 14.2 Å². The van der Waals surface area contributed by atoms with Gasteiger partial charge in [0.15, 0.2) is 11.5 Å². The standard InChI is InChI=1S/C13H18O3/c1-3-4-9-14-11-7-5-6-8-12(11)16-13-10(2)15-13/h5-8,10,13H,3-4,9H2,1-2H3. The van der Waals surface area contributed by atoms with Crippen LogP contribution in [-0.4, -0.2) is 19.0 Å². The molecule has 1 saturated heterocycles. The van der Waals surface area contributed by atoms with Gasteiger partial charge in [-0.1, -0.05) is 25.5 Å². The zero-order chi connectivity index (χ0) is 11.4. The number of hydrogen-bond donors (Lipinski definition) is 0. The fraction of sp³-hybridized carbons (Fsp3) is 0.538. The Balaban J connectivity index is 1.93. The summed E-state index contributed by atoms with van der Waals surface area (Å²) >= 11 is 0. The monoisotopic (exact) mass is 222 g/mol. The summed E-state index contributed by atoms with van der Waals surface area (Å²) in [6.45, 7) is 4.87. The van der Waals surface area contributed by atoms with Crippen LogP contribution in [0.3, 0.4) is 0 Å². The van der Waals surface area contributed by atoms with E-state index in [1.807, 2.05) is 31.2 Å². The summed E-state index contributed by atoms with van der Waals surface area (Å²) in [6, 6.07) is 7.73. The van der Waals surface area contributed by atoms with E-state index in [0.29, 0.717) is 0 Å². The van der Waals surface area contributed by atoms with Crippen LogP contribution in [0.1, 0.15) is 26.7 Å². The lowest BCUT2D eigenvalue weighted by molar-refractivity contribution is 0.169. The van der Waals surface area contributed by atoms with E-state index >= 15 is 0 Å². The predicted molar refractivity (Wildman–Crippen MR) is 61.8 cm³/mol. The van der Waals surface area contributed by atoms with Crippen molar-refractivity contribution in [3.05, 3.63) is 24.3 Å². The molecule has 0 aromatic heterocycles. The molecule has 1 aromatic carbocycles. The van der Waals surface area contributed by atoms with Crippen LogP contribution in [0.5, 0.6) is 11.5 Å². The first-order valence-electron chi connectivity index (χ1n) is 5.85. The van der Waals surface area contributed by atoms with E-state index in [1.165, 1.54) is 0 Å². The number of unbranched alkanes of at least 4 members (excludes halogenated alkanes) is 1. The molecular formula is C13H18O3. The number of benzene rings is 1. The topological polar surface area (TPSA) is 31.0 Å². The number of epoxide rings is 1. The summed E-state index contributed by atoms with van der Waals surface area (Å²) in [5.41, 5.74) is 0. The van der Waals surface area contributed by atoms with Crippen LogP contribution in [0.2, 0.25) is 0 Å². The van der Waals surface area contributed by atoms with Crippen LogP contribution < -0.4 is 9.47 Å². The highest BCUT2D eigenvalue weighted by Crippen LogP contribution is 2.32. The van der Waals surface area contributed by atoms with E-state index in [0.717, 1.165) is 30.9 Å². The molecule has 0 radical (unpaired) electrons. The summed E-state index contributed by atoms with van der Waals surface area (Å²) in [5.74, 6) is 1.58. The minimum Gasteiger partial charge on any atom is -0.490 e. The SMILES string of the molecule is CCCCOc1ccccc1OC1OC1C. The van der Waals surface area contributed by atoms with Gasteiger partial charge < -0.3 is 14.2 Å². The van der Waals surface area contributed by atoms with Crippen molar-refractivity contribution >= 4 is 0 Å². The third-order valence-corrected chi connectivity index (χ3v) is 2.50. The second-order valence-corrected chi connectivity index (χ2v) is 3.98. The van der Waals surface area contributed by atoms with Gasteiger partial charge in [-0.3, -0.25) is 0 Å². The van der Waals surface area contributed by atoms with Crippen molar-refractivity contribution in [2.45, 2.75) is 39.1 Å². The highest BCUT2D eigenvalue weighted by molar-refractivity contribution is 5.39. The van der Waals surface area contributed by atoms with Crippen molar-refractivity contribution in [1.82, 2.24) is 0 Å². The molecule has 0 bridgehead atoms. The van der Waals surface area contributed by atoms with Gasteiger partial charge in [-0.05, 0) is 25.5 Å². The zero-order valence-corrected chi connectivity index (χ0v) is 9.81. The Kier molecular flexibility index (Phi) is 3.67. The van der Waals surface area contributed by atoms with E-state index in [4.69, 9.17) is 14.2 Å². The van der Waals surface area contributed by atoms with Crippen LogP contribution in [0, 0.1) is 0 Å². The molecule has 2 atom stereocenters. The molecule has 1 aromatic rings. The molecule has 2 rings (SSSR count). The van der Waals surface area contributed by atoms with Gasteiger partial charge in [0.1, 0.15) is 6.10 Å². The summed E-state index contributed by atoms with van der Waals surface area (Å²) in [5, 5.41) is 0. The lowest BCUT2D eigenvalue weighted by Crippen LogP contribution is -2.04. The maximum atomic E-state index is 5.66. The molecule has 3 nitrogen and oxygen atoms in total. The normalized spacial score (nSPS) is 22.9. The molecule has 0 aliphatic carbocycles. The van der Waals surface area contributed by atoms with Gasteiger partial charge in [0.25, 0.3) is 0 Å². The number of para-hydroxylation sites is 2. The Hall–Kier alpha value is -1.22. The lowest BCUT2D eigenvalue weighted by Gasteiger charge is -2.10. The molecule has 0 N–H and O–H groups in total. The molecule has 2 unspecified atom stereocenters.